The Labute approximate surface area is 360 Å². The normalized spacial score (nSPS) is 14.8. The molecule has 0 bridgehead atoms. The Hall–Kier alpha value is -6.88. The van der Waals surface area contributed by atoms with Gasteiger partial charge in [-0.2, -0.15) is 0 Å². The second kappa shape index (κ2) is 11.7. The second-order valence-corrected chi connectivity index (χ2v) is 19.5. The smallest absolute Gasteiger partial charge is 0.333 e. The minimum absolute atomic E-state index is 0.0399. The molecule has 0 atom stereocenters. The molecule has 0 N–H and O–H groups in total. The Balaban J connectivity index is 1.16. The van der Waals surface area contributed by atoms with Crippen molar-refractivity contribution in [2.45, 2.75) is 31.6 Å². The fourth-order valence-corrected chi connectivity index (χ4v) is 13.0. The van der Waals surface area contributed by atoms with E-state index in [1.54, 1.807) is 0 Å². The highest BCUT2D eigenvalue weighted by Gasteiger charge is 2.56. The van der Waals surface area contributed by atoms with Crippen molar-refractivity contribution >= 4 is 88.5 Å². The van der Waals surface area contributed by atoms with Crippen LogP contribution in [-0.2, 0) is 10.8 Å². The molecule has 10 aromatic rings. The molecule has 3 aliphatic heterocycles. The summed E-state index contributed by atoms with van der Waals surface area (Å²) in [5.41, 5.74) is 20.5. The first-order valence-electron chi connectivity index (χ1n) is 21.5. The lowest BCUT2D eigenvalue weighted by molar-refractivity contribution is 0.590. The highest BCUT2D eigenvalue weighted by atomic mass is 32.1. The fourth-order valence-electron chi connectivity index (χ4n) is 11.9. The van der Waals surface area contributed by atoms with Gasteiger partial charge in [0.25, 0.3) is 0 Å². The molecule has 0 unspecified atom stereocenters. The average molecular weight is 795 g/mol. The van der Waals surface area contributed by atoms with Crippen molar-refractivity contribution in [1.29, 1.82) is 0 Å². The summed E-state index contributed by atoms with van der Waals surface area (Å²) in [7, 11) is 0. The van der Waals surface area contributed by atoms with Gasteiger partial charge in [0.15, 0.2) is 0 Å². The number of benzene rings is 9. The number of anilines is 5. The van der Waals surface area contributed by atoms with Gasteiger partial charge in [-0.15, -0.1) is 11.3 Å². The third kappa shape index (κ3) is 4.19. The van der Waals surface area contributed by atoms with Crippen LogP contribution < -0.4 is 20.6 Å². The van der Waals surface area contributed by atoms with Gasteiger partial charge in [-0.25, -0.2) is 0 Å². The summed E-state index contributed by atoms with van der Waals surface area (Å²) >= 11 is 1.91. The van der Waals surface area contributed by atoms with Crippen LogP contribution in [0, 0.1) is 0 Å². The molecule has 0 saturated carbocycles. The first-order chi connectivity index (χ1) is 29.9. The molecule has 61 heavy (non-hydrogen) atoms. The summed E-state index contributed by atoms with van der Waals surface area (Å²) in [5, 5.41) is 5.18. The molecule has 1 spiro atoms. The van der Waals surface area contributed by atoms with Gasteiger partial charge in [0.05, 0.1) is 16.8 Å². The predicted octanol–water partition coefficient (Wildman–Crippen LogP) is 13.9. The van der Waals surface area contributed by atoms with E-state index in [0.29, 0.717) is 0 Å². The van der Waals surface area contributed by atoms with Crippen LogP contribution in [0.1, 0.15) is 48.6 Å². The Kier molecular flexibility index (Phi) is 6.50. The standard InChI is InChI=1S/C57H39BN2S/c1-56(2,3)35-27-29-36(30-28-35)60-50-32-42-40-19-8-13-26-51(40)61-52(42)33-41(50)43-31-34-15-4-5-16-37(34)54-53(43)58(60)48-24-14-23-47-55(48)59(54)49-25-12-11-22-46(49)57(47)44-20-9-6-17-38(44)39-18-7-10-21-45(39)57/h4-33H,1-3H3. The predicted molar refractivity (Wildman–Crippen MR) is 260 cm³/mol. The van der Waals surface area contributed by atoms with E-state index < -0.39 is 5.41 Å². The molecule has 0 fully saturated rings. The molecule has 1 aliphatic carbocycles. The van der Waals surface area contributed by atoms with Crippen LogP contribution in [0.2, 0.25) is 0 Å². The van der Waals surface area contributed by atoms with Gasteiger partial charge in [-0.05, 0) is 109 Å². The quantitative estimate of drug-likeness (QED) is 0.153. The molecule has 1 aromatic heterocycles. The number of nitrogens with zero attached hydrogens (tertiary/aromatic N) is 2. The van der Waals surface area contributed by atoms with Gasteiger partial charge in [0.2, 0.25) is 0 Å². The average Bonchev–Trinajstić information content (AvgIpc) is 3.81. The molecular weight excluding hydrogens is 756 g/mol. The van der Waals surface area contributed by atoms with Gasteiger partial charge in [0.1, 0.15) is 0 Å². The minimum Gasteiger partial charge on any atom is -0.376 e. The van der Waals surface area contributed by atoms with Gasteiger partial charge in [-0.3, -0.25) is 0 Å². The summed E-state index contributed by atoms with van der Waals surface area (Å²) in [6.45, 7) is 6.83. The van der Waals surface area contributed by atoms with E-state index in [4.69, 9.17) is 0 Å². The number of fused-ring (bicyclic) bond motifs is 18. The number of para-hydroxylation sites is 2. The molecule has 0 amide bonds. The lowest BCUT2D eigenvalue weighted by Gasteiger charge is -2.51. The summed E-state index contributed by atoms with van der Waals surface area (Å²) in [6.07, 6.45) is 0. The second-order valence-electron chi connectivity index (χ2n) is 18.4. The number of thiophene rings is 1. The number of rotatable bonds is 1. The van der Waals surface area contributed by atoms with Crippen molar-refractivity contribution in [1.82, 2.24) is 0 Å². The van der Waals surface area contributed by atoms with Gasteiger partial charge >= 0.3 is 6.85 Å². The van der Waals surface area contributed by atoms with Crippen molar-refractivity contribution < 1.29 is 0 Å². The molecule has 4 heteroatoms. The van der Waals surface area contributed by atoms with Crippen molar-refractivity contribution in [3.8, 4) is 22.3 Å². The first kappa shape index (κ1) is 33.9. The largest absolute Gasteiger partial charge is 0.376 e. The zero-order valence-corrected chi connectivity index (χ0v) is 35.0. The topological polar surface area (TPSA) is 6.48 Å². The third-order valence-electron chi connectivity index (χ3n) is 14.4. The third-order valence-corrected chi connectivity index (χ3v) is 15.5. The molecule has 4 aliphatic rings. The molecule has 4 heterocycles. The summed E-state index contributed by atoms with van der Waals surface area (Å²) in [4.78, 5) is 5.38. The van der Waals surface area contributed by atoms with E-state index >= 15 is 0 Å². The van der Waals surface area contributed by atoms with Crippen LogP contribution in [0.4, 0.5) is 28.4 Å². The zero-order valence-electron chi connectivity index (χ0n) is 34.2. The van der Waals surface area contributed by atoms with Gasteiger partial charge in [0, 0.05) is 48.2 Å². The van der Waals surface area contributed by atoms with Gasteiger partial charge in [-0.1, -0.05) is 160 Å². The minimum atomic E-state index is -0.496. The van der Waals surface area contributed by atoms with E-state index in [0.717, 1.165) is 0 Å². The van der Waals surface area contributed by atoms with Crippen molar-refractivity contribution in [2.75, 3.05) is 9.71 Å². The maximum atomic E-state index is 2.70. The van der Waals surface area contributed by atoms with E-state index in [1.807, 2.05) is 11.3 Å². The van der Waals surface area contributed by atoms with Crippen LogP contribution in [0.15, 0.2) is 182 Å². The Morgan fingerprint density at radius 1 is 0.475 bits per heavy atom. The number of hydrogen-bond acceptors (Lipinski definition) is 3. The zero-order chi connectivity index (χ0) is 40.4. The Morgan fingerprint density at radius 3 is 1.90 bits per heavy atom. The van der Waals surface area contributed by atoms with Gasteiger partial charge < -0.3 is 9.71 Å². The van der Waals surface area contributed by atoms with E-state index in [9.17, 15) is 0 Å². The van der Waals surface area contributed by atoms with Crippen LogP contribution in [-0.4, -0.2) is 6.85 Å². The van der Waals surface area contributed by atoms with Crippen LogP contribution in [0.5, 0.6) is 0 Å². The van der Waals surface area contributed by atoms with E-state index in [2.05, 4.69) is 212 Å². The molecular formula is C57H39BN2S. The molecule has 286 valence electrons. The molecule has 14 rings (SSSR count). The Bertz CT molecular complexity index is 3510. The van der Waals surface area contributed by atoms with Crippen LogP contribution >= 0.6 is 11.3 Å². The highest BCUT2D eigenvalue weighted by Crippen LogP contribution is 2.64. The van der Waals surface area contributed by atoms with Crippen molar-refractivity contribution in [2.24, 2.45) is 0 Å². The fraction of sp³-hybridized carbons (Fsp3) is 0.0877. The highest BCUT2D eigenvalue weighted by molar-refractivity contribution is 7.25. The monoisotopic (exact) mass is 794 g/mol. The summed E-state index contributed by atoms with van der Waals surface area (Å²) in [5.74, 6) is 0. The molecule has 9 aromatic carbocycles. The summed E-state index contributed by atoms with van der Waals surface area (Å²) in [6, 6.07) is 69.9. The SMILES string of the molecule is CC(C)(C)c1ccc(N2B3c4cccc5c4N(c4ccccc4C54c5ccccc5-c5ccccc54)c4c3c(cc3ccccc43)-c3cc4sc5ccccc5c4cc32)cc1. The van der Waals surface area contributed by atoms with Crippen molar-refractivity contribution in [3.05, 3.63) is 210 Å². The molecule has 0 saturated heterocycles. The lowest BCUT2D eigenvalue weighted by Crippen LogP contribution is -2.62. The number of hydrogen-bond donors (Lipinski definition) is 0. The lowest BCUT2D eigenvalue weighted by atomic mass is 9.42. The maximum absolute atomic E-state index is 2.70. The first-order valence-corrected chi connectivity index (χ1v) is 22.4. The van der Waals surface area contributed by atoms with E-state index in [-0.39, 0.29) is 12.3 Å². The van der Waals surface area contributed by atoms with Crippen LogP contribution in [0.25, 0.3) is 53.2 Å². The summed E-state index contributed by atoms with van der Waals surface area (Å²) < 4.78 is 2.65. The Morgan fingerprint density at radius 2 is 1.13 bits per heavy atom. The maximum Gasteiger partial charge on any atom is 0.333 e. The molecule has 0 radical (unpaired) electrons. The molecule has 2 nitrogen and oxygen atoms in total. The van der Waals surface area contributed by atoms with Crippen LogP contribution in [0.3, 0.4) is 0 Å². The van der Waals surface area contributed by atoms with E-state index in [1.165, 1.54) is 120 Å². The van der Waals surface area contributed by atoms with Crippen molar-refractivity contribution in [3.63, 3.8) is 0 Å².